The van der Waals surface area contributed by atoms with Crippen LogP contribution in [0.4, 0.5) is 0 Å². The van der Waals surface area contributed by atoms with E-state index in [1.807, 2.05) is 0 Å². The molecule has 0 N–H and O–H groups in total. The summed E-state index contributed by atoms with van der Waals surface area (Å²) in [6, 6.07) is 25.5. The molecule has 0 amide bonds. The van der Waals surface area contributed by atoms with Gasteiger partial charge in [-0.2, -0.15) is 0 Å². The monoisotopic (exact) mass is 460 g/mol. The lowest BCUT2D eigenvalue weighted by Crippen LogP contribution is -2.48. The third-order valence-corrected chi connectivity index (χ3v) is 5.49. The fourth-order valence-electron chi connectivity index (χ4n) is 3.68. The van der Waals surface area contributed by atoms with Crippen molar-refractivity contribution in [3.63, 3.8) is 0 Å². The van der Waals surface area contributed by atoms with Crippen LogP contribution < -0.4 is 0 Å². The zero-order valence-electron chi connectivity index (χ0n) is 18.6. The van der Waals surface area contributed by atoms with Gasteiger partial charge >= 0.3 is 17.9 Å². The predicted octanol–water partition coefficient (Wildman–Crippen LogP) is 4.08. The largest absolute Gasteiger partial charge is 0.459 e. The molecule has 1 aliphatic heterocycles. The van der Waals surface area contributed by atoms with Crippen molar-refractivity contribution in [2.75, 3.05) is 13.2 Å². The second-order valence-corrected chi connectivity index (χ2v) is 8.07. The van der Waals surface area contributed by atoms with Crippen LogP contribution in [0.15, 0.2) is 91.0 Å². The van der Waals surface area contributed by atoms with E-state index < -0.39 is 35.7 Å². The van der Waals surface area contributed by atoms with E-state index in [1.165, 1.54) is 0 Å². The minimum absolute atomic E-state index is 0.0358. The van der Waals surface area contributed by atoms with Gasteiger partial charge in [-0.1, -0.05) is 54.6 Å². The summed E-state index contributed by atoms with van der Waals surface area (Å²) in [5, 5.41) is 0. The summed E-state index contributed by atoms with van der Waals surface area (Å²) in [6.45, 7) is 1.42. The summed E-state index contributed by atoms with van der Waals surface area (Å²) in [6.07, 6.45) is -1.83. The highest BCUT2D eigenvalue weighted by Crippen LogP contribution is 2.33. The molecular weight excluding hydrogens is 436 g/mol. The average molecular weight is 460 g/mol. The summed E-state index contributed by atoms with van der Waals surface area (Å²) in [5.41, 5.74) is -0.208. The molecule has 2 unspecified atom stereocenters. The van der Waals surface area contributed by atoms with Gasteiger partial charge in [-0.25, -0.2) is 14.4 Å². The van der Waals surface area contributed by atoms with Gasteiger partial charge in [0.05, 0.1) is 23.3 Å². The van der Waals surface area contributed by atoms with Gasteiger partial charge in [0.1, 0.15) is 12.7 Å². The Labute approximate surface area is 197 Å². The average Bonchev–Trinajstić information content (AvgIpc) is 3.18. The first-order valence-corrected chi connectivity index (χ1v) is 10.8. The molecule has 0 spiro atoms. The number of ether oxygens (including phenoxy) is 4. The minimum atomic E-state index is -1.29. The maximum Gasteiger partial charge on any atom is 0.338 e. The molecule has 0 saturated carbocycles. The lowest BCUT2D eigenvalue weighted by molar-refractivity contribution is -0.0756. The van der Waals surface area contributed by atoms with Crippen LogP contribution in [0.5, 0.6) is 0 Å². The molecule has 174 valence electrons. The Morgan fingerprint density at radius 1 is 0.765 bits per heavy atom. The van der Waals surface area contributed by atoms with E-state index >= 15 is 0 Å². The maximum atomic E-state index is 12.8. The number of carbonyl (C=O) groups is 3. The number of hydrogen-bond acceptors (Lipinski definition) is 7. The molecule has 0 aromatic heterocycles. The smallest absolute Gasteiger partial charge is 0.338 e. The molecule has 34 heavy (non-hydrogen) atoms. The topological polar surface area (TPSA) is 88.1 Å². The highest BCUT2D eigenvalue weighted by atomic mass is 16.7. The van der Waals surface area contributed by atoms with Crippen LogP contribution in [0.1, 0.15) is 38.0 Å². The van der Waals surface area contributed by atoms with Crippen molar-refractivity contribution in [2.45, 2.75) is 24.7 Å². The van der Waals surface area contributed by atoms with Crippen LogP contribution in [0.3, 0.4) is 0 Å². The molecule has 0 aliphatic carbocycles. The molecule has 0 radical (unpaired) electrons. The molecule has 1 heterocycles. The second-order valence-electron chi connectivity index (χ2n) is 8.07. The van der Waals surface area contributed by atoms with E-state index in [0.29, 0.717) is 16.7 Å². The Kier molecular flexibility index (Phi) is 7.04. The number of rotatable bonds is 7. The van der Waals surface area contributed by atoms with Crippen LogP contribution in [-0.2, 0) is 18.9 Å². The molecule has 0 bridgehead atoms. The molecule has 1 fully saturated rings. The first-order valence-electron chi connectivity index (χ1n) is 10.8. The van der Waals surface area contributed by atoms with E-state index in [9.17, 15) is 14.4 Å². The lowest BCUT2D eigenvalue weighted by atomic mass is 9.98. The Hall–Kier alpha value is -3.97. The second kappa shape index (κ2) is 10.3. The van der Waals surface area contributed by atoms with Gasteiger partial charge in [-0.05, 0) is 43.3 Å². The van der Waals surface area contributed by atoms with Gasteiger partial charge in [-0.15, -0.1) is 0 Å². The van der Waals surface area contributed by atoms with Crippen molar-refractivity contribution in [2.24, 2.45) is 0 Å². The molecule has 1 aliphatic rings. The van der Waals surface area contributed by atoms with E-state index in [1.54, 1.807) is 97.9 Å². The Bertz CT molecular complexity index is 1130. The summed E-state index contributed by atoms with van der Waals surface area (Å²) in [4.78, 5) is 38.0. The number of carbonyl (C=O) groups excluding carboxylic acids is 3. The zero-order valence-corrected chi connectivity index (χ0v) is 18.6. The summed E-state index contributed by atoms with van der Waals surface area (Å²) in [7, 11) is 0. The lowest BCUT2D eigenvalue weighted by Gasteiger charge is -2.31. The highest BCUT2D eigenvalue weighted by Gasteiger charge is 2.53. The molecule has 7 nitrogen and oxygen atoms in total. The van der Waals surface area contributed by atoms with Gasteiger partial charge in [-0.3, -0.25) is 0 Å². The fourth-order valence-corrected chi connectivity index (χ4v) is 3.68. The molecule has 7 heteroatoms. The van der Waals surface area contributed by atoms with Gasteiger partial charge in [0.2, 0.25) is 0 Å². The van der Waals surface area contributed by atoms with Gasteiger partial charge < -0.3 is 18.9 Å². The van der Waals surface area contributed by atoms with Crippen LogP contribution in [0.25, 0.3) is 0 Å². The van der Waals surface area contributed by atoms with Crippen LogP contribution >= 0.6 is 0 Å². The Morgan fingerprint density at radius 3 is 1.76 bits per heavy atom. The first-order chi connectivity index (χ1) is 16.5. The molecule has 3 aromatic carbocycles. The molecule has 3 atom stereocenters. The normalized spacial score (nSPS) is 21.4. The van der Waals surface area contributed by atoms with E-state index in [4.69, 9.17) is 18.9 Å². The quantitative estimate of drug-likeness (QED) is 0.388. The molecule has 4 rings (SSSR count). The Balaban J connectivity index is 1.52. The van der Waals surface area contributed by atoms with Crippen molar-refractivity contribution in [1.82, 2.24) is 0 Å². The zero-order chi connectivity index (χ0) is 24.0. The third kappa shape index (κ3) is 5.32. The van der Waals surface area contributed by atoms with Crippen LogP contribution in [0.2, 0.25) is 0 Å². The predicted molar refractivity (Wildman–Crippen MR) is 122 cm³/mol. The van der Waals surface area contributed by atoms with E-state index in [-0.39, 0.29) is 13.2 Å². The van der Waals surface area contributed by atoms with Crippen molar-refractivity contribution in [3.8, 4) is 0 Å². The van der Waals surface area contributed by atoms with Gasteiger partial charge in [0.15, 0.2) is 11.7 Å². The SMILES string of the molecule is CC1(OC(=O)c2ccccc2)CO[C@H](COC(=O)c2ccccc2)C1OC(=O)c1ccccc1. The number of hydrogen-bond donors (Lipinski definition) is 0. The standard InChI is InChI=1S/C27H24O7/c1-27(34-26(30)21-15-9-4-10-16-21)18-32-22(17-31-24(28)19-11-5-2-6-12-19)23(27)33-25(29)20-13-7-3-8-14-20/h2-16,22-23H,17-18H2,1H3/t22-,23?,27?/m1/s1. The summed E-state index contributed by atoms with van der Waals surface area (Å²) in [5.74, 6) is -1.71. The van der Waals surface area contributed by atoms with E-state index in [2.05, 4.69) is 0 Å². The van der Waals surface area contributed by atoms with Gasteiger partial charge in [0, 0.05) is 0 Å². The fraction of sp³-hybridized carbons (Fsp3) is 0.222. The number of benzene rings is 3. The van der Waals surface area contributed by atoms with Crippen LogP contribution in [0, 0.1) is 0 Å². The molecule has 3 aromatic rings. The molecule has 1 saturated heterocycles. The third-order valence-electron chi connectivity index (χ3n) is 5.49. The number of esters is 3. The Morgan fingerprint density at radius 2 is 1.24 bits per heavy atom. The maximum absolute atomic E-state index is 12.8. The van der Waals surface area contributed by atoms with Crippen molar-refractivity contribution >= 4 is 17.9 Å². The minimum Gasteiger partial charge on any atom is -0.459 e. The van der Waals surface area contributed by atoms with Gasteiger partial charge in [0.25, 0.3) is 0 Å². The summed E-state index contributed by atoms with van der Waals surface area (Å²) < 4.78 is 22.8. The molecular formula is C27H24O7. The summed E-state index contributed by atoms with van der Waals surface area (Å²) >= 11 is 0. The highest BCUT2D eigenvalue weighted by molar-refractivity contribution is 5.91. The van der Waals surface area contributed by atoms with E-state index in [0.717, 1.165) is 0 Å². The van der Waals surface area contributed by atoms with Crippen LogP contribution in [-0.4, -0.2) is 48.9 Å². The van der Waals surface area contributed by atoms with Crippen molar-refractivity contribution in [3.05, 3.63) is 108 Å². The van der Waals surface area contributed by atoms with Crippen molar-refractivity contribution in [1.29, 1.82) is 0 Å². The van der Waals surface area contributed by atoms with Crippen molar-refractivity contribution < 1.29 is 33.3 Å². The first kappa shape index (κ1) is 23.2.